The first-order valence-corrected chi connectivity index (χ1v) is 7.62. The van der Waals surface area contributed by atoms with Crippen molar-refractivity contribution >= 4 is 15.9 Å². The molecule has 0 saturated heterocycles. The van der Waals surface area contributed by atoms with E-state index in [0.29, 0.717) is 12.0 Å². The molecular formula is C16H16BrFN2O. The van der Waals surface area contributed by atoms with Gasteiger partial charge in [0.15, 0.2) is 0 Å². The van der Waals surface area contributed by atoms with Gasteiger partial charge >= 0.3 is 0 Å². The molecule has 0 aromatic heterocycles. The molecule has 1 aliphatic heterocycles. The summed E-state index contributed by atoms with van der Waals surface area (Å²) in [5.41, 5.74) is 5.64. The average molecular weight is 351 g/mol. The Bertz CT molecular complexity index is 663. The van der Waals surface area contributed by atoms with Crippen molar-refractivity contribution in [2.75, 3.05) is 6.61 Å². The van der Waals surface area contributed by atoms with Crippen molar-refractivity contribution in [2.45, 2.75) is 18.9 Å². The van der Waals surface area contributed by atoms with E-state index in [-0.39, 0.29) is 11.9 Å². The van der Waals surface area contributed by atoms with Crippen molar-refractivity contribution in [3.63, 3.8) is 0 Å². The largest absolute Gasteiger partial charge is 0.493 e. The minimum atomic E-state index is -0.219. The van der Waals surface area contributed by atoms with Crippen LogP contribution in [0.25, 0.3) is 0 Å². The highest BCUT2D eigenvalue weighted by Gasteiger charge is 2.18. The lowest BCUT2D eigenvalue weighted by Crippen LogP contribution is -2.29. The van der Waals surface area contributed by atoms with Gasteiger partial charge in [-0.25, -0.2) is 4.39 Å². The van der Waals surface area contributed by atoms with Crippen LogP contribution in [0.3, 0.4) is 0 Å². The van der Waals surface area contributed by atoms with Gasteiger partial charge in [-0.05, 0) is 47.4 Å². The third-order valence-electron chi connectivity index (χ3n) is 3.75. The molecule has 0 radical (unpaired) electrons. The van der Waals surface area contributed by atoms with Gasteiger partial charge < -0.3 is 4.74 Å². The van der Waals surface area contributed by atoms with Crippen molar-refractivity contribution in [3.05, 3.63) is 63.4 Å². The van der Waals surface area contributed by atoms with Crippen LogP contribution in [-0.4, -0.2) is 6.61 Å². The molecule has 0 fully saturated rings. The Balaban J connectivity index is 1.86. The van der Waals surface area contributed by atoms with Crippen LogP contribution < -0.4 is 16.0 Å². The summed E-state index contributed by atoms with van der Waals surface area (Å²) in [5.74, 6) is 6.38. The molecule has 2 aromatic rings. The van der Waals surface area contributed by atoms with E-state index in [2.05, 4.69) is 27.4 Å². The van der Waals surface area contributed by atoms with Crippen LogP contribution >= 0.6 is 15.9 Å². The van der Waals surface area contributed by atoms with Crippen molar-refractivity contribution < 1.29 is 9.13 Å². The van der Waals surface area contributed by atoms with E-state index < -0.39 is 0 Å². The monoisotopic (exact) mass is 350 g/mol. The van der Waals surface area contributed by atoms with Gasteiger partial charge in [0.1, 0.15) is 11.6 Å². The minimum Gasteiger partial charge on any atom is -0.493 e. The van der Waals surface area contributed by atoms with E-state index in [9.17, 15) is 4.39 Å². The van der Waals surface area contributed by atoms with E-state index in [0.717, 1.165) is 28.8 Å². The Morgan fingerprint density at radius 2 is 2.14 bits per heavy atom. The molecular weight excluding hydrogens is 335 g/mol. The van der Waals surface area contributed by atoms with Crippen molar-refractivity contribution in [1.29, 1.82) is 0 Å². The number of hydrogen-bond acceptors (Lipinski definition) is 3. The highest BCUT2D eigenvalue weighted by molar-refractivity contribution is 9.10. The highest BCUT2D eigenvalue weighted by atomic mass is 79.9. The molecule has 3 nitrogen and oxygen atoms in total. The van der Waals surface area contributed by atoms with Gasteiger partial charge in [-0.1, -0.05) is 28.1 Å². The molecule has 5 heteroatoms. The lowest BCUT2D eigenvalue weighted by Gasteiger charge is -2.18. The molecule has 0 saturated carbocycles. The quantitative estimate of drug-likeness (QED) is 0.657. The molecule has 0 amide bonds. The summed E-state index contributed by atoms with van der Waals surface area (Å²) < 4.78 is 20.3. The predicted octanol–water partition coefficient (Wildman–Crippen LogP) is 3.27. The number of benzene rings is 2. The predicted molar refractivity (Wildman–Crippen MR) is 83.5 cm³/mol. The first-order valence-electron chi connectivity index (χ1n) is 6.83. The molecule has 3 N–H and O–H groups in total. The zero-order valence-corrected chi connectivity index (χ0v) is 13.0. The number of hydrazine groups is 1. The summed E-state index contributed by atoms with van der Waals surface area (Å²) in [7, 11) is 0. The zero-order chi connectivity index (χ0) is 14.8. The Morgan fingerprint density at radius 1 is 1.29 bits per heavy atom. The Morgan fingerprint density at radius 3 is 2.95 bits per heavy atom. The van der Waals surface area contributed by atoms with Crippen molar-refractivity contribution in [1.82, 2.24) is 5.43 Å². The normalized spacial score (nSPS) is 14.6. The fraction of sp³-hybridized carbons (Fsp3) is 0.250. The Kier molecular flexibility index (Phi) is 4.24. The number of nitrogens with two attached hydrogens (primary N) is 1. The molecule has 1 unspecified atom stereocenters. The van der Waals surface area contributed by atoms with E-state index >= 15 is 0 Å². The fourth-order valence-corrected chi connectivity index (χ4v) is 3.02. The molecule has 21 heavy (non-hydrogen) atoms. The molecule has 0 spiro atoms. The van der Waals surface area contributed by atoms with Gasteiger partial charge in [0.05, 0.1) is 12.6 Å². The maximum atomic E-state index is 13.9. The van der Waals surface area contributed by atoms with Crippen LogP contribution in [0.5, 0.6) is 5.75 Å². The first-order chi connectivity index (χ1) is 10.2. The van der Waals surface area contributed by atoms with Crippen LogP contribution in [0, 0.1) is 5.82 Å². The van der Waals surface area contributed by atoms with E-state index in [1.54, 1.807) is 12.1 Å². The molecule has 110 valence electrons. The summed E-state index contributed by atoms with van der Waals surface area (Å²) in [6, 6.07) is 10.8. The van der Waals surface area contributed by atoms with E-state index in [1.165, 1.54) is 11.6 Å². The van der Waals surface area contributed by atoms with Gasteiger partial charge in [0.2, 0.25) is 0 Å². The first kappa shape index (κ1) is 14.5. The number of halogens is 2. The summed E-state index contributed by atoms with van der Waals surface area (Å²) in [6.07, 6.45) is 1.40. The second-order valence-electron chi connectivity index (χ2n) is 5.12. The number of fused-ring (bicyclic) bond motifs is 1. The third kappa shape index (κ3) is 3.10. The second kappa shape index (κ2) is 6.13. The van der Waals surface area contributed by atoms with Crippen molar-refractivity contribution in [2.24, 2.45) is 5.84 Å². The molecule has 0 aliphatic carbocycles. The number of ether oxygens (including phenoxy) is 1. The molecule has 3 rings (SSSR count). The van der Waals surface area contributed by atoms with Gasteiger partial charge in [-0.15, -0.1) is 0 Å². The van der Waals surface area contributed by atoms with Crippen LogP contribution in [0.4, 0.5) is 4.39 Å². The minimum absolute atomic E-state index is 0.139. The molecule has 1 heterocycles. The molecule has 2 aromatic carbocycles. The molecule has 0 bridgehead atoms. The third-order valence-corrected chi connectivity index (χ3v) is 4.24. The van der Waals surface area contributed by atoms with E-state index in [4.69, 9.17) is 10.6 Å². The van der Waals surface area contributed by atoms with E-state index in [1.807, 2.05) is 12.1 Å². The van der Waals surface area contributed by atoms with Gasteiger partial charge in [-0.3, -0.25) is 11.3 Å². The molecule has 1 aliphatic rings. The second-order valence-corrected chi connectivity index (χ2v) is 6.04. The summed E-state index contributed by atoms with van der Waals surface area (Å²) in [5, 5.41) is 0. The number of nitrogens with one attached hydrogen (secondary N) is 1. The van der Waals surface area contributed by atoms with Crippen LogP contribution in [-0.2, 0) is 12.8 Å². The SMILES string of the molecule is NNC(Cc1cc(Br)ccc1F)c1ccc2c(c1)CCO2. The number of hydrogen-bond donors (Lipinski definition) is 2. The summed E-state index contributed by atoms with van der Waals surface area (Å²) in [6.45, 7) is 0.722. The fourth-order valence-electron chi connectivity index (χ4n) is 2.62. The molecule has 1 atom stereocenters. The Hall–Kier alpha value is -1.43. The standard InChI is InChI=1S/C16H16BrFN2O/c17-13-2-3-14(18)12(8-13)9-15(20-19)10-1-4-16-11(7-10)5-6-21-16/h1-4,7-8,15,20H,5-6,9,19H2. The topological polar surface area (TPSA) is 47.3 Å². The van der Waals surface area contributed by atoms with Crippen LogP contribution in [0.2, 0.25) is 0 Å². The van der Waals surface area contributed by atoms with Gasteiger partial charge in [0.25, 0.3) is 0 Å². The maximum absolute atomic E-state index is 13.9. The maximum Gasteiger partial charge on any atom is 0.126 e. The lowest BCUT2D eigenvalue weighted by atomic mass is 9.97. The zero-order valence-electron chi connectivity index (χ0n) is 11.4. The van der Waals surface area contributed by atoms with Crippen LogP contribution in [0.15, 0.2) is 40.9 Å². The van der Waals surface area contributed by atoms with Gasteiger partial charge in [0, 0.05) is 10.9 Å². The van der Waals surface area contributed by atoms with Crippen molar-refractivity contribution in [3.8, 4) is 5.75 Å². The average Bonchev–Trinajstić information content (AvgIpc) is 2.95. The summed E-state index contributed by atoms with van der Waals surface area (Å²) in [4.78, 5) is 0. The summed E-state index contributed by atoms with van der Waals surface area (Å²) >= 11 is 3.37. The lowest BCUT2D eigenvalue weighted by molar-refractivity contribution is 0.356. The van der Waals surface area contributed by atoms with Gasteiger partial charge in [-0.2, -0.15) is 0 Å². The van der Waals surface area contributed by atoms with Crippen LogP contribution in [0.1, 0.15) is 22.7 Å². The highest BCUT2D eigenvalue weighted by Crippen LogP contribution is 2.29. The number of rotatable bonds is 4. The smallest absolute Gasteiger partial charge is 0.126 e. The Labute approximate surface area is 131 Å².